The monoisotopic (exact) mass is 1050 g/mol. The first-order valence-electron chi connectivity index (χ1n) is 35.1. The van der Waals surface area contributed by atoms with E-state index in [0.29, 0.717) is 6.04 Å². The number of rotatable bonds is 62. The summed E-state index contributed by atoms with van der Waals surface area (Å²) in [5.41, 5.74) is 0. The van der Waals surface area contributed by atoms with Crippen LogP contribution in [0.4, 0.5) is 0 Å². The van der Waals surface area contributed by atoms with Gasteiger partial charge in [-0.3, -0.25) is 4.90 Å². The summed E-state index contributed by atoms with van der Waals surface area (Å²) in [6.45, 7) is 28.1. The highest BCUT2D eigenvalue weighted by Crippen LogP contribution is 2.16. The first kappa shape index (κ1) is 72.3. The van der Waals surface area contributed by atoms with Gasteiger partial charge in [-0.05, 0) is 129 Å². The number of nitrogens with zero attached hydrogens (tertiary/aromatic N) is 4. The second kappa shape index (κ2) is 60.9. The minimum Gasteiger partial charge on any atom is -0.313 e. The predicted molar refractivity (Wildman–Crippen MR) is 341 cm³/mol. The number of unbranched alkanes of at least 4 members (excludes halogenated alkanes) is 39. The largest absolute Gasteiger partial charge is 0.313 e. The van der Waals surface area contributed by atoms with Gasteiger partial charge in [-0.1, -0.05) is 271 Å². The van der Waals surface area contributed by atoms with Crippen molar-refractivity contribution in [3.05, 3.63) is 24.3 Å². The average Bonchev–Trinajstić information content (AvgIpc) is 3.42. The highest BCUT2D eigenvalue weighted by Gasteiger charge is 2.20. The number of piperazine rings is 1. The van der Waals surface area contributed by atoms with Gasteiger partial charge in [0.15, 0.2) is 0 Å². The van der Waals surface area contributed by atoms with E-state index in [1.54, 1.807) is 0 Å². The van der Waals surface area contributed by atoms with Crippen molar-refractivity contribution < 1.29 is 0 Å². The molecule has 0 aromatic rings. The van der Waals surface area contributed by atoms with Crippen molar-refractivity contribution in [2.45, 2.75) is 342 Å². The van der Waals surface area contributed by atoms with Gasteiger partial charge in [0, 0.05) is 51.9 Å². The Hall–Kier alpha value is -0.720. The quantitative estimate of drug-likeness (QED) is 0.0484. The van der Waals surface area contributed by atoms with Crippen LogP contribution in [0.25, 0.3) is 0 Å². The maximum absolute atomic E-state index is 4.22. The van der Waals surface area contributed by atoms with E-state index in [4.69, 9.17) is 0 Å². The molecular formula is C70H141N5. The van der Waals surface area contributed by atoms with Crippen LogP contribution in [0.5, 0.6) is 0 Å². The molecule has 0 amide bonds. The standard InChI is InChI=1S/C70H141N5/c1-6-11-16-21-26-31-36-41-46-51-57-71-70(69-75(60-54-49-44-39-34-29-24-19-14-9-4)61-55-50-45-40-35-30-25-20-15-10-5)56-62-73-64-67-74(68-65-73)66-63-72(58-52-47-42-37-32-27-22-17-12-7-2)59-53-48-43-38-33-28-23-18-13-8-3/h27-28,32-33,70-71H,6-26,29-31,34-69H2,1-5H3/b32-27-,33-28-. The van der Waals surface area contributed by atoms with Crippen molar-refractivity contribution in [1.82, 2.24) is 24.9 Å². The van der Waals surface area contributed by atoms with Crippen LogP contribution in [-0.2, 0) is 0 Å². The summed E-state index contributed by atoms with van der Waals surface area (Å²) in [5, 5.41) is 4.22. The van der Waals surface area contributed by atoms with Gasteiger partial charge in [-0.25, -0.2) is 0 Å². The molecule has 0 aliphatic carbocycles. The van der Waals surface area contributed by atoms with Crippen molar-refractivity contribution >= 4 is 0 Å². The molecule has 1 aliphatic heterocycles. The lowest BCUT2D eigenvalue weighted by molar-refractivity contribution is 0.112. The Morgan fingerprint density at radius 1 is 0.307 bits per heavy atom. The lowest BCUT2D eigenvalue weighted by Gasteiger charge is -2.37. The molecule has 1 unspecified atom stereocenters. The molecule has 1 N–H and O–H groups in total. The second-order valence-electron chi connectivity index (χ2n) is 24.4. The lowest BCUT2D eigenvalue weighted by atomic mass is 10.1. The highest BCUT2D eigenvalue weighted by molar-refractivity contribution is 4.83. The molecule has 1 heterocycles. The van der Waals surface area contributed by atoms with E-state index < -0.39 is 0 Å². The molecule has 0 aromatic heterocycles. The van der Waals surface area contributed by atoms with Gasteiger partial charge in [-0.2, -0.15) is 0 Å². The van der Waals surface area contributed by atoms with Crippen molar-refractivity contribution in [1.29, 1.82) is 0 Å². The van der Waals surface area contributed by atoms with Crippen LogP contribution in [-0.4, -0.2) is 111 Å². The molecule has 1 aliphatic rings. The third kappa shape index (κ3) is 52.4. The molecule has 5 heteroatoms. The number of allylic oxidation sites excluding steroid dienone is 4. The molecular weight excluding hydrogens is 911 g/mol. The van der Waals surface area contributed by atoms with Crippen LogP contribution in [0.3, 0.4) is 0 Å². The fourth-order valence-electron chi connectivity index (χ4n) is 11.7. The molecule has 1 saturated heterocycles. The molecule has 1 rings (SSSR count). The minimum absolute atomic E-state index is 0.616. The summed E-state index contributed by atoms with van der Waals surface area (Å²) in [6, 6.07) is 0.616. The van der Waals surface area contributed by atoms with Crippen LogP contribution in [0.2, 0.25) is 0 Å². The molecule has 0 saturated carbocycles. The molecule has 0 aromatic carbocycles. The van der Waals surface area contributed by atoms with Crippen LogP contribution in [0.15, 0.2) is 24.3 Å². The summed E-state index contributed by atoms with van der Waals surface area (Å²) in [4.78, 5) is 11.5. The maximum Gasteiger partial charge on any atom is 0.0207 e. The molecule has 0 bridgehead atoms. The van der Waals surface area contributed by atoms with E-state index in [1.165, 1.54) is 387 Å². The fraction of sp³-hybridized carbons (Fsp3) is 0.943. The first-order chi connectivity index (χ1) is 37.2. The highest BCUT2D eigenvalue weighted by atomic mass is 15.3. The third-order valence-corrected chi connectivity index (χ3v) is 17.1. The molecule has 0 spiro atoms. The Morgan fingerprint density at radius 3 is 0.960 bits per heavy atom. The van der Waals surface area contributed by atoms with Crippen LogP contribution < -0.4 is 5.32 Å². The maximum atomic E-state index is 4.22. The van der Waals surface area contributed by atoms with Gasteiger partial charge in [0.25, 0.3) is 0 Å². The van der Waals surface area contributed by atoms with Gasteiger partial charge < -0.3 is 20.0 Å². The van der Waals surface area contributed by atoms with Crippen molar-refractivity contribution in [3.8, 4) is 0 Å². The number of nitrogens with one attached hydrogen (secondary N) is 1. The first-order valence-corrected chi connectivity index (χ1v) is 35.1. The number of hydrogen-bond donors (Lipinski definition) is 1. The molecule has 75 heavy (non-hydrogen) atoms. The summed E-state index contributed by atoms with van der Waals surface area (Å²) >= 11 is 0. The van der Waals surface area contributed by atoms with E-state index in [0.717, 1.165) is 0 Å². The van der Waals surface area contributed by atoms with E-state index >= 15 is 0 Å². The Labute approximate surface area is 474 Å². The van der Waals surface area contributed by atoms with Crippen molar-refractivity contribution in [3.63, 3.8) is 0 Å². The van der Waals surface area contributed by atoms with Crippen LogP contribution in [0.1, 0.15) is 336 Å². The molecule has 0 radical (unpaired) electrons. The van der Waals surface area contributed by atoms with Crippen molar-refractivity contribution in [2.24, 2.45) is 0 Å². The zero-order chi connectivity index (χ0) is 53.8. The minimum atomic E-state index is 0.616. The van der Waals surface area contributed by atoms with Gasteiger partial charge in [-0.15, -0.1) is 0 Å². The molecule has 1 atom stereocenters. The second-order valence-corrected chi connectivity index (χ2v) is 24.4. The predicted octanol–water partition coefficient (Wildman–Crippen LogP) is 20.7. The Balaban J connectivity index is 2.78. The topological polar surface area (TPSA) is 25.0 Å². The van der Waals surface area contributed by atoms with Gasteiger partial charge in [0.05, 0.1) is 0 Å². The Kier molecular flexibility index (Phi) is 58.7. The van der Waals surface area contributed by atoms with Gasteiger partial charge in [0.2, 0.25) is 0 Å². The summed E-state index contributed by atoms with van der Waals surface area (Å²) in [7, 11) is 0. The number of hydrogen-bond acceptors (Lipinski definition) is 5. The zero-order valence-electron chi connectivity index (χ0n) is 52.6. The van der Waals surface area contributed by atoms with E-state index in [2.05, 4.69) is 83.8 Å². The SMILES string of the molecule is CCCCC/C=C\CCCCCN(CCCCC/C=C\CCCCC)CCN1CCN(CCC(CN(CCCCCCCCCCCC)CCCCCCCCCCCC)NCCCCCCCCCCCC)CC1. The van der Waals surface area contributed by atoms with Crippen LogP contribution >= 0.6 is 0 Å². The molecule has 1 fully saturated rings. The normalized spacial score (nSPS) is 14.3. The average molecular weight is 1050 g/mol. The van der Waals surface area contributed by atoms with Crippen LogP contribution in [0, 0.1) is 0 Å². The lowest BCUT2D eigenvalue weighted by Crippen LogP contribution is -2.50. The van der Waals surface area contributed by atoms with Crippen molar-refractivity contribution in [2.75, 3.05) is 85.1 Å². The summed E-state index contributed by atoms with van der Waals surface area (Å²) in [6.07, 6.45) is 75.4. The van der Waals surface area contributed by atoms with E-state index in [9.17, 15) is 0 Å². The Bertz CT molecular complexity index is 1060. The van der Waals surface area contributed by atoms with Gasteiger partial charge >= 0.3 is 0 Å². The molecule has 446 valence electrons. The summed E-state index contributed by atoms with van der Waals surface area (Å²) < 4.78 is 0. The van der Waals surface area contributed by atoms with Gasteiger partial charge in [0.1, 0.15) is 0 Å². The molecule has 5 nitrogen and oxygen atoms in total. The van der Waals surface area contributed by atoms with E-state index in [1.807, 2.05) is 0 Å². The fourth-order valence-corrected chi connectivity index (χ4v) is 11.7. The third-order valence-electron chi connectivity index (χ3n) is 17.1. The Morgan fingerprint density at radius 2 is 0.587 bits per heavy atom. The van der Waals surface area contributed by atoms with E-state index in [-0.39, 0.29) is 0 Å². The smallest absolute Gasteiger partial charge is 0.0207 e. The summed E-state index contributed by atoms with van der Waals surface area (Å²) in [5.74, 6) is 0. The zero-order valence-corrected chi connectivity index (χ0v) is 52.6.